The Balaban J connectivity index is 1.27. The summed E-state index contributed by atoms with van der Waals surface area (Å²) >= 11 is 0. The number of amides is 1. The fourth-order valence-electron chi connectivity index (χ4n) is 5.18. The van der Waals surface area contributed by atoms with Crippen LogP contribution in [-0.2, 0) is 35.8 Å². The summed E-state index contributed by atoms with van der Waals surface area (Å²) in [5.41, 5.74) is 6.10. The van der Waals surface area contributed by atoms with Crippen molar-refractivity contribution in [1.82, 2.24) is 9.47 Å². The van der Waals surface area contributed by atoms with Gasteiger partial charge in [-0.15, -0.1) is 0 Å². The highest BCUT2D eigenvalue weighted by molar-refractivity contribution is 5.92. The van der Waals surface area contributed by atoms with Crippen molar-refractivity contribution in [2.24, 2.45) is 0 Å². The number of hydrogen-bond donors (Lipinski definition) is 1. The molecule has 1 aliphatic rings. The summed E-state index contributed by atoms with van der Waals surface area (Å²) in [7, 11) is 0. The van der Waals surface area contributed by atoms with Gasteiger partial charge in [0.05, 0.1) is 6.61 Å². The molecule has 216 valence electrons. The first-order valence-corrected chi connectivity index (χ1v) is 14.5. The Labute approximate surface area is 247 Å². The molecule has 0 radical (unpaired) electrons. The smallest absolute Gasteiger partial charge is 0.335 e. The monoisotopic (exact) mass is 562 g/mol. The summed E-state index contributed by atoms with van der Waals surface area (Å²) in [6, 6.07) is 28.4. The number of aliphatic carboxylic acids is 1. The van der Waals surface area contributed by atoms with Crippen molar-refractivity contribution in [1.29, 1.82) is 0 Å². The molecule has 0 saturated heterocycles. The number of nitrogens with zero attached hydrogens (tertiary/aromatic N) is 2. The van der Waals surface area contributed by atoms with Crippen LogP contribution >= 0.6 is 0 Å². The Bertz CT molecular complexity index is 1500. The number of carboxylic acid groups (broad SMARTS) is 1. The largest absolute Gasteiger partial charge is 0.479 e. The molecule has 1 heterocycles. The minimum atomic E-state index is -1.03. The van der Waals surface area contributed by atoms with Crippen LogP contribution in [0.3, 0.4) is 0 Å². The standard InChI is InChI=1S/C36H38N2O4/c1-27-11-15-30(16-12-27)24-38(25-31-17-13-28(2)14-18-31)34(39)33-10-5-22-37(33)21-4-9-29-7-3-8-32(23-29)26-42-36(35(40)41)19-6-20-36/h3-5,7-18,22-23H,6,19-21,24-26H2,1-2H3,(H,40,41). The Hall–Kier alpha value is -4.42. The van der Waals surface area contributed by atoms with Gasteiger partial charge in [0, 0.05) is 25.8 Å². The Kier molecular flexibility index (Phi) is 9.03. The topological polar surface area (TPSA) is 71.8 Å². The third kappa shape index (κ3) is 7.07. The number of aryl methyl sites for hydroxylation is 2. The molecule has 3 aromatic carbocycles. The number of benzene rings is 3. The van der Waals surface area contributed by atoms with Gasteiger partial charge in [0.15, 0.2) is 5.60 Å². The second-order valence-corrected chi connectivity index (χ2v) is 11.3. The molecule has 0 spiro atoms. The third-order valence-corrected chi connectivity index (χ3v) is 7.95. The Morgan fingerprint density at radius 2 is 1.52 bits per heavy atom. The molecule has 1 amide bonds. The highest BCUT2D eigenvalue weighted by atomic mass is 16.5. The zero-order valence-electron chi connectivity index (χ0n) is 24.3. The molecule has 1 saturated carbocycles. The molecule has 0 aliphatic heterocycles. The van der Waals surface area contributed by atoms with Gasteiger partial charge >= 0.3 is 5.97 Å². The summed E-state index contributed by atoms with van der Waals surface area (Å²) < 4.78 is 7.79. The molecule has 0 unspecified atom stereocenters. The van der Waals surface area contributed by atoms with Crippen LogP contribution in [0.1, 0.15) is 63.1 Å². The lowest BCUT2D eigenvalue weighted by Crippen LogP contribution is -2.47. The number of carboxylic acids is 1. The van der Waals surface area contributed by atoms with E-state index in [0.717, 1.165) is 28.7 Å². The molecule has 5 rings (SSSR count). The first kappa shape index (κ1) is 29.1. The lowest BCUT2D eigenvalue weighted by molar-refractivity contribution is -0.181. The van der Waals surface area contributed by atoms with Crippen LogP contribution < -0.4 is 0 Å². The van der Waals surface area contributed by atoms with E-state index in [4.69, 9.17) is 4.74 Å². The molecule has 42 heavy (non-hydrogen) atoms. The number of carbonyl (C=O) groups is 2. The lowest BCUT2D eigenvalue weighted by atomic mass is 9.80. The molecular formula is C36H38N2O4. The van der Waals surface area contributed by atoms with Gasteiger partial charge in [-0.25, -0.2) is 4.79 Å². The second kappa shape index (κ2) is 13.0. The SMILES string of the molecule is Cc1ccc(CN(Cc2ccc(C)cc2)C(=O)c2cccn2CC=Cc2cccc(COC3(C(=O)O)CCC3)c2)cc1. The molecule has 1 N–H and O–H groups in total. The first-order chi connectivity index (χ1) is 20.3. The van der Waals surface area contributed by atoms with E-state index in [2.05, 4.69) is 62.4 Å². The van der Waals surface area contributed by atoms with E-state index < -0.39 is 11.6 Å². The van der Waals surface area contributed by atoms with Crippen LogP contribution in [0.4, 0.5) is 0 Å². The second-order valence-electron chi connectivity index (χ2n) is 11.3. The van der Waals surface area contributed by atoms with E-state index in [1.165, 1.54) is 11.1 Å². The van der Waals surface area contributed by atoms with Crippen molar-refractivity contribution < 1.29 is 19.4 Å². The molecular weight excluding hydrogens is 524 g/mol. The summed E-state index contributed by atoms with van der Waals surface area (Å²) in [6.07, 6.45) is 7.99. The molecule has 0 bridgehead atoms. The number of ether oxygens (including phenoxy) is 1. The summed E-state index contributed by atoms with van der Waals surface area (Å²) in [5.74, 6) is -0.893. The van der Waals surface area contributed by atoms with Crippen LogP contribution in [0, 0.1) is 13.8 Å². The normalized spacial score (nSPS) is 14.0. The Morgan fingerprint density at radius 3 is 2.10 bits per heavy atom. The highest BCUT2D eigenvalue weighted by Gasteiger charge is 2.45. The van der Waals surface area contributed by atoms with Crippen LogP contribution in [-0.4, -0.2) is 32.1 Å². The van der Waals surface area contributed by atoms with E-state index in [0.29, 0.717) is 38.2 Å². The number of hydrogen-bond acceptors (Lipinski definition) is 3. The van der Waals surface area contributed by atoms with Gasteiger partial charge in [-0.05, 0) is 73.6 Å². The van der Waals surface area contributed by atoms with Gasteiger partial charge in [0.2, 0.25) is 0 Å². The van der Waals surface area contributed by atoms with Gasteiger partial charge in [-0.1, -0.05) is 90.0 Å². The van der Waals surface area contributed by atoms with E-state index in [-0.39, 0.29) is 12.5 Å². The van der Waals surface area contributed by atoms with Gasteiger partial charge < -0.3 is 19.3 Å². The number of aromatic nitrogens is 1. The fraction of sp³-hybridized carbons (Fsp3) is 0.278. The average molecular weight is 563 g/mol. The zero-order valence-corrected chi connectivity index (χ0v) is 24.3. The lowest BCUT2D eigenvalue weighted by Gasteiger charge is -2.37. The minimum Gasteiger partial charge on any atom is -0.479 e. The van der Waals surface area contributed by atoms with Crippen LogP contribution in [0.2, 0.25) is 0 Å². The first-order valence-electron chi connectivity index (χ1n) is 14.5. The fourth-order valence-corrected chi connectivity index (χ4v) is 5.18. The molecule has 1 aromatic heterocycles. The molecule has 6 heteroatoms. The predicted octanol–water partition coefficient (Wildman–Crippen LogP) is 7.18. The molecule has 1 fully saturated rings. The molecule has 1 aliphatic carbocycles. The van der Waals surface area contributed by atoms with E-state index in [9.17, 15) is 14.7 Å². The number of allylic oxidation sites excluding steroid dienone is 1. The quantitative estimate of drug-likeness (QED) is 0.198. The molecule has 0 atom stereocenters. The molecule has 6 nitrogen and oxygen atoms in total. The minimum absolute atomic E-state index is 0.0166. The maximum absolute atomic E-state index is 13.9. The maximum atomic E-state index is 13.9. The highest BCUT2D eigenvalue weighted by Crippen LogP contribution is 2.36. The summed E-state index contributed by atoms with van der Waals surface area (Å²) in [6.45, 7) is 5.97. The zero-order chi connectivity index (χ0) is 29.5. The van der Waals surface area contributed by atoms with Gasteiger partial charge in [0.25, 0.3) is 5.91 Å². The number of rotatable bonds is 12. The van der Waals surface area contributed by atoms with Crippen LogP contribution in [0.15, 0.2) is 97.2 Å². The van der Waals surface area contributed by atoms with Crippen LogP contribution in [0.25, 0.3) is 6.08 Å². The predicted molar refractivity (Wildman–Crippen MR) is 165 cm³/mol. The van der Waals surface area contributed by atoms with Crippen molar-refractivity contribution in [2.45, 2.75) is 65.0 Å². The Morgan fingerprint density at radius 1 is 0.881 bits per heavy atom. The van der Waals surface area contributed by atoms with E-state index in [1.54, 1.807) is 0 Å². The van der Waals surface area contributed by atoms with Gasteiger partial charge in [-0.3, -0.25) is 4.79 Å². The van der Waals surface area contributed by atoms with E-state index >= 15 is 0 Å². The van der Waals surface area contributed by atoms with Crippen molar-refractivity contribution in [3.05, 3.63) is 136 Å². The van der Waals surface area contributed by atoms with E-state index in [1.807, 2.05) is 64.2 Å². The van der Waals surface area contributed by atoms with Crippen molar-refractivity contribution in [3.63, 3.8) is 0 Å². The summed E-state index contributed by atoms with van der Waals surface area (Å²) in [5, 5.41) is 9.52. The third-order valence-electron chi connectivity index (χ3n) is 7.95. The summed E-state index contributed by atoms with van der Waals surface area (Å²) in [4.78, 5) is 27.4. The maximum Gasteiger partial charge on any atom is 0.335 e. The average Bonchev–Trinajstić information content (AvgIpc) is 3.42. The van der Waals surface area contributed by atoms with Gasteiger partial charge in [-0.2, -0.15) is 0 Å². The number of carbonyl (C=O) groups excluding carboxylic acids is 1. The van der Waals surface area contributed by atoms with Crippen molar-refractivity contribution >= 4 is 18.0 Å². The molecule has 4 aromatic rings. The van der Waals surface area contributed by atoms with Gasteiger partial charge in [0.1, 0.15) is 5.69 Å². The van der Waals surface area contributed by atoms with Crippen molar-refractivity contribution in [2.75, 3.05) is 0 Å². The van der Waals surface area contributed by atoms with Crippen LogP contribution in [0.5, 0.6) is 0 Å². The van der Waals surface area contributed by atoms with Crippen molar-refractivity contribution in [3.8, 4) is 0 Å².